The quantitative estimate of drug-likeness (QED) is 0.574. The molecule has 0 saturated carbocycles. The average Bonchev–Trinajstić information content (AvgIpc) is 2.82. The molecule has 0 aliphatic carbocycles. The number of amides is 2. The van der Waals surface area contributed by atoms with Crippen LogP contribution in [0.5, 0.6) is 5.75 Å². The van der Waals surface area contributed by atoms with Crippen molar-refractivity contribution in [1.29, 1.82) is 0 Å². The topological polar surface area (TPSA) is 61.9 Å². The maximum absolute atomic E-state index is 12.6. The van der Waals surface area contributed by atoms with Gasteiger partial charge in [-0.05, 0) is 60.6 Å². The molecule has 166 valence electrons. The molecule has 1 aliphatic heterocycles. The van der Waals surface area contributed by atoms with Crippen molar-refractivity contribution < 1.29 is 14.3 Å². The van der Waals surface area contributed by atoms with Crippen molar-refractivity contribution in [2.75, 3.05) is 45.2 Å². The maximum atomic E-state index is 12.6. The SMILES string of the molecule is CN1CCN(C(=O)c2ccc(NC(=O)CCCOc3ccc4ccccc4c3)cc2)CC1. The number of rotatable bonds is 7. The number of hydrogen-bond acceptors (Lipinski definition) is 4. The number of fused-ring (bicyclic) bond motifs is 1. The van der Waals surface area contributed by atoms with E-state index in [-0.39, 0.29) is 11.8 Å². The van der Waals surface area contributed by atoms with Gasteiger partial charge in [0.05, 0.1) is 6.61 Å². The molecule has 1 fully saturated rings. The molecule has 4 rings (SSSR count). The van der Waals surface area contributed by atoms with Crippen molar-refractivity contribution in [2.24, 2.45) is 0 Å². The molecule has 0 spiro atoms. The van der Waals surface area contributed by atoms with Gasteiger partial charge in [0.15, 0.2) is 0 Å². The molecular weight excluding hydrogens is 402 g/mol. The predicted molar refractivity (Wildman–Crippen MR) is 127 cm³/mol. The van der Waals surface area contributed by atoms with Gasteiger partial charge in [-0.25, -0.2) is 0 Å². The molecule has 32 heavy (non-hydrogen) atoms. The molecule has 0 radical (unpaired) electrons. The number of likely N-dealkylation sites (N-methyl/N-ethyl adjacent to an activating group) is 1. The molecule has 0 atom stereocenters. The lowest BCUT2D eigenvalue weighted by Gasteiger charge is -2.32. The van der Waals surface area contributed by atoms with E-state index >= 15 is 0 Å². The highest BCUT2D eigenvalue weighted by Gasteiger charge is 2.20. The summed E-state index contributed by atoms with van der Waals surface area (Å²) < 4.78 is 5.80. The van der Waals surface area contributed by atoms with Crippen molar-refractivity contribution >= 4 is 28.3 Å². The Bertz CT molecular complexity index is 1070. The second-order valence-corrected chi connectivity index (χ2v) is 8.18. The first-order chi connectivity index (χ1) is 15.6. The number of carbonyl (C=O) groups excluding carboxylic acids is 2. The first-order valence-corrected chi connectivity index (χ1v) is 11.1. The Kier molecular flexibility index (Phi) is 7.02. The van der Waals surface area contributed by atoms with Crippen LogP contribution in [0.1, 0.15) is 23.2 Å². The van der Waals surface area contributed by atoms with Crippen LogP contribution in [0.15, 0.2) is 66.7 Å². The second-order valence-electron chi connectivity index (χ2n) is 8.18. The summed E-state index contributed by atoms with van der Waals surface area (Å²) in [6.07, 6.45) is 0.994. The third kappa shape index (κ3) is 5.65. The number of ether oxygens (including phenoxy) is 1. The van der Waals surface area contributed by atoms with E-state index in [1.165, 1.54) is 5.39 Å². The molecule has 6 nitrogen and oxygen atoms in total. The smallest absolute Gasteiger partial charge is 0.253 e. The second kappa shape index (κ2) is 10.3. The minimum absolute atomic E-state index is 0.0433. The van der Waals surface area contributed by atoms with Crippen molar-refractivity contribution in [1.82, 2.24) is 9.80 Å². The van der Waals surface area contributed by atoms with Crippen LogP contribution in [-0.4, -0.2) is 61.4 Å². The van der Waals surface area contributed by atoms with Gasteiger partial charge in [0.25, 0.3) is 5.91 Å². The maximum Gasteiger partial charge on any atom is 0.253 e. The molecule has 0 bridgehead atoms. The summed E-state index contributed by atoms with van der Waals surface area (Å²) in [5.41, 5.74) is 1.34. The highest BCUT2D eigenvalue weighted by molar-refractivity contribution is 5.96. The third-order valence-corrected chi connectivity index (χ3v) is 5.74. The van der Waals surface area contributed by atoms with Crippen LogP contribution in [0.2, 0.25) is 0 Å². The largest absolute Gasteiger partial charge is 0.494 e. The number of nitrogens with one attached hydrogen (secondary N) is 1. The molecule has 0 aromatic heterocycles. The summed E-state index contributed by atoms with van der Waals surface area (Å²) in [6, 6.07) is 21.3. The molecule has 1 heterocycles. The normalized spacial score (nSPS) is 14.3. The first kappa shape index (κ1) is 21.8. The molecule has 3 aromatic carbocycles. The fraction of sp³-hybridized carbons (Fsp3) is 0.308. The molecule has 3 aromatic rings. The monoisotopic (exact) mass is 431 g/mol. The third-order valence-electron chi connectivity index (χ3n) is 5.74. The van der Waals surface area contributed by atoms with Gasteiger partial charge in [-0.1, -0.05) is 30.3 Å². The van der Waals surface area contributed by atoms with Crippen molar-refractivity contribution in [3.8, 4) is 5.75 Å². The summed E-state index contributed by atoms with van der Waals surface area (Å²) >= 11 is 0. The van der Waals surface area contributed by atoms with Crippen LogP contribution < -0.4 is 10.1 Å². The lowest BCUT2D eigenvalue weighted by Crippen LogP contribution is -2.47. The van der Waals surface area contributed by atoms with Gasteiger partial charge in [0, 0.05) is 43.9 Å². The standard InChI is InChI=1S/C26H29N3O3/c1-28-14-16-29(17-15-28)26(31)21-8-11-23(12-9-21)27-25(30)7-4-18-32-24-13-10-20-5-2-3-6-22(20)19-24/h2-3,5-6,8-13,19H,4,7,14-18H2,1H3,(H,27,30). The number of benzene rings is 3. The van der Waals surface area contributed by atoms with Crippen LogP contribution in [0.25, 0.3) is 10.8 Å². The van der Waals surface area contributed by atoms with E-state index < -0.39 is 0 Å². The van der Waals surface area contributed by atoms with Crippen LogP contribution in [0.3, 0.4) is 0 Å². The lowest BCUT2D eigenvalue weighted by atomic mass is 10.1. The molecule has 0 unspecified atom stereocenters. The predicted octanol–water partition coefficient (Wildman–Crippen LogP) is 4.03. The summed E-state index contributed by atoms with van der Waals surface area (Å²) in [6.45, 7) is 3.75. The van der Waals surface area contributed by atoms with Gasteiger partial charge in [-0.3, -0.25) is 9.59 Å². The highest BCUT2D eigenvalue weighted by Crippen LogP contribution is 2.21. The van der Waals surface area contributed by atoms with Crippen molar-refractivity contribution in [3.05, 3.63) is 72.3 Å². The molecule has 1 N–H and O–H groups in total. The van der Waals surface area contributed by atoms with E-state index in [1.54, 1.807) is 24.3 Å². The Labute approximate surface area is 188 Å². The zero-order chi connectivity index (χ0) is 22.3. The molecule has 1 aliphatic rings. The van der Waals surface area contributed by atoms with E-state index in [1.807, 2.05) is 35.2 Å². The Morgan fingerprint density at radius 2 is 1.62 bits per heavy atom. The van der Waals surface area contributed by atoms with Gasteiger partial charge in [-0.2, -0.15) is 0 Å². The average molecular weight is 432 g/mol. The Morgan fingerprint density at radius 1 is 0.906 bits per heavy atom. The minimum atomic E-state index is -0.0646. The Morgan fingerprint density at radius 3 is 2.38 bits per heavy atom. The lowest BCUT2D eigenvalue weighted by molar-refractivity contribution is -0.116. The first-order valence-electron chi connectivity index (χ1n) is 11.1. The van der Waals surface area contributed by atoms with E-state index in [4.69, 9.17) is 4.74 Å². The molecule has 1 saturated heterocycles. The molecule has 2 amide bonds. The number of anilines is 1. The van der Waals surface area contributed by atoms with Crippen LogP contribution in [-0.2, 0) is 4.79 Å². The summed E-state index contributed by atoms with van der Waals surface area (Å²) in [4.78, 5) is 29.0. The van der Waals surface area contributed by atoms with E-state index in [9.17, 15) is 9.59 Å². The van der Waals surface area contributed by atoms with Gasteiger partial charge in [0.2, 0.25) is 5.91 Å². The summed E-state index contributed by atoms with van der Waals surface area (Å²) in [7, 11) is 2.06. The van der Waals surface area contributed by atoms with E-state index in [2.05, 4.69) is 29.4 Å². The molecule has 6 heteroatoms. The van der Waals surface area contributed by atoms with E-state index in [0.29, 0.717) is 30.7 Å². The highest BCUT2D eigenvalue weighted by atomic mass is 16.5. The number of nitrogens with zero attached hydrogens (tertiary/aromatic N) is 2. The van der Waals surface area contributed by atoms with Crippen LogP contribution in [0, 0.1) is 0 Å². The van der Waals surface area contributed by atoms with Crippen molar-refractivity contribution in [3.63, 3.8) is 0 Å². The number of hydrogen-bond donors (Lipinski definition) is 1. The van der Waals surface area contributed by atoms with E-state index in [0.717, 1.165) is 37.3 Å². The fourth-order valence-electron chi connectivity index (χ4n) is 3.79. The van der Waals surface area contributed by atoms with Gasteiger partial charge < -0.3 is 19.9 Å². The summed E-state index contributed by atoms with van der Waals surface area (Å²) in [5, 5.41) is 5.20. The zero-order valence-electron chi connectivity index (χ0n) is 18.4. The number of carbonyl (C=O) groups is 2. The zero-order valence-corrected chi connectivity index (χ0v) is 18.4. The van der Waals surface area contributed by atoms with Gasteiger partial charge >= 0.3 is 0 Å². The van der Waals surface area contributed by atoms with Crippen LogP contribution in [0.4, 0.5) is 5.69 Å². The van der Waals surface area contributed by atoms with Gasteiger partial charge in [0.1, 0.15) is 5.75 Å². The fourth-order valence-corrected chi connectivity index (χ4v) is 3.79. The molecular formula is C26H29N3O3. The minimum Gasteiger partial charge on any atom is -0.494 e. The van der Waals surface area contributed by atoms with Gasteiger partial charge in [-0.15, -0.1) is 0 Å². The Balaban J connectivity index is 1.20. The van der Waals surface area contributed by atoms with Crippen molar-refractivity contribution in [2.45, 2.75) is 12.8 Å². The van der Waals surface area contributed by atoms with Crippen LogP contribution >= 0.6 is 0 Å². The number of piperazine rings is 1. The summed E-state index contributed by atoms with van der Waals surface area (Å²) in [5.74, 6) is 0.789. The Hall–Kier alpha value is -3.38.